The van der Waals surface area contributed by atoms with Crippen LogP contribution >= 0.6 is 0 Å². The Balaban J connectivity index is 2.06. The topological polar surface area (TPSA) is 61.4 Å². The van der Waals surface area contributed by atoms with E-state index in [1.807, 2.05) is 45.0 Å². The maximum Gasteiger partial charge on any atom is 0.234 e. The van der Waals surface area contributed by atoms with E-state index in [1.54, 1.807) is 11.9 Å². The van der Waals surface area contributed by atoms with Crippen LogP contribution in [0.15, 0.2) is 24.3 Å². The molecule has 1 unspecified atom stereocenters. The minimum Gasteiger partial charge on any atom is -0.350 e. The number of hydrogen-bond acceptors (Lipinski definition) is 3. The summed E-state index contributed by atoms with van der Waals surface area (Å²) in [5.41, 5.74) is 1.71. The van der Waals surface area contributed by atoms with Crippen molar-refractivity contribution in [2.75, 3.05) is 18.5 Å². The van der Waals surface area contributed by atoms with Crippen LogP contribution in [0, 0.1) is 0 Å². The molecule has 1 heterocycles. The average Bonchev–Trinajstić information content (AvgIpc) is 2.39. The van der Waals surface area contributed by atoms with Crippen LogP contribution in [0.5, 0.6) is 0 Å². The third-order valence-electron chi connectivity index (χ3n) is 3.45. The van der Waals surface area contributed by atoms with Crippen molar-refractivity contribution < 1.29 is 9.59 Å². The highest BCUT2D eigenvalue weighted by Crippen LogP contribution is 2.33. The fourth-order valence-corrected chi connectivity index (χ4v) is 2.50. The molecule has 0 saturated carbocycles. The molecule has 2 amide bonds. The van der Waals surface area contributed by atoms with Crippen LogP contribution < -0.4 is 15.5 Å². The second-order valence-electron chi connectivity index (χ2n) is 6.45. The number of fused-ring (bicyclic) bond motifs is 1. The van der Waals surface area contributed by atoms with E-state index in [0.717, 1.165) is 11.3 Å². The first-order valence-electron chi connectivity index (χ1n) is 7.18. The number of anilines is 1. The summed E-state index contributed by atoms with van der Waals surface area (Å²) in [6.45, 7) is 6.03. The summed E-state index contributed by atoms with van der Waals surface area (Å²) in [5.74, 6) is -0.00575. The molecular weight excluding hydrogens is 266 g/mol. The van der Waals surface area contributed by atoms with Gasteiger partial charge in [0.15, 0.2) is 0 Å². The molecule has 0 spiro atoms. The van der Waals surface area contributed by atoms with Crippen LogP contribution in [0.3, 0.4) is 0 Å². The van der Waals surface area contributed by atoms with Gasteiger partial charge < -0.3 is 15.5 Å². The molecule has 1 aliphatic heterocycles. The number of hydrogen-bond donors (Lipinski definition) is 2. The summed E-state index contributed by atoms with van der Waals surface area (Å²) in [5, 5.41) is 6.10. The van der Waals surface area contributed by atoms with E-state index < -0.39 is 0 Å². The monoisotopic (exact) mass is 289 g/mol. The molecule has 114 valence electrons. The zero-order valence-corrected chi connectivity index (χ0v) is 13.1. The van der Waals surface area contributed by atoms with Gasteiger partial charge in [0, 0.05) is 30.7 Å². The lowest BCUT2D eigenvalue weighted by Gasteiger charge is -2.32. The molecule has 1 atom stereocenters. The van der Waals surface area contributed by atoms with Crippen molar-refractivity contribution in [1.29, 1.82) is 0 Å². The van der Waals surface area contributed by atoms with Crippen molar-refractivity contribution in [3.05, 3.63) is 29.8 Å². The van der Waals surface area contributed by atoms with Crippen molar-refractivity contribution in [3.8, 4) is 0 Å². The minimum absolute atomic E-state index is 0.0578. The molecule has 5 heteroatoms. The predicted molar refractivity (Wildman–Crippen MR) is 83.1 cm³/mol. The summed E-state index contributed by atoms with van der Waals surface area (Å²) in [6.07, 6.45) is 0.371. The summed E-state index contributed by atoms with van der Waals surface area (Å²) in [4.78, 5) is 25.6. The predicted octanol–water partition coefficient (Wildman–Crippen LogP) is 1.60. The molecule has 0 radical (unpaired) electrons. The number of amides is 2. The van der Waals surface area contributed by atoms with E-state index in [-0.39, 0.29) is 29.9 Å². The van der Waals surface area contributed by atoms with Crippen LogP contribution in [0.25, 0.3) is 0 Å². The SMILES string of the molecule is CN1C(=O)CC(NCC(=O)NC(C)(C)C)c2ccccc21. The van der Waals surface area contributed by atoms with E-state index >= 15 is 0 Å². The first-order chi connectivity index (χ1) is 9.78. The number of para-hydroxylation sites is 1. The fraction of sp³-hybridized carbons (Fsp3) is 0.500. The minimum atomic E-state index is -0.251. The quantitative estimate of drug-likeness (QED) is 0.888. The second kappa shape index (κ2) is 5.85. The smallest absolute Gasteiger partial charge is 0.234 e. The maximum absolute atomic E-state index is 12.0. The molecular formula is C16H23N3O2. The average molecular weight is 289 g/mol. The highest BCUT2D eigenvalue weighted by atomic mass is 16.2. The molecule has 0 aromatic heterocycles. The molecule has 0 fully saturated rings. The van der Waals surface area contributed by atoms with Crippen LogP contribution in [0.2, 0.25) is 0 Å². The van der Waals surface area contributed by atoms with Crippen molar-refractivity contribution >= 4 is 17.5 Å². The standard InChI is InChI=1S/C16H23N3O2/c1-16(2,3)18-14(20)10-17-12-9-15(21)19(4)13-8-6-5-7-11(12)13/h5-8,12,17H,9-10H2,1-4H3,(H,18,20). The first kappa shape index (κ1) is 15.5. The fourth-order valence-electron chi connectivity index (χ4n) is 2.50. The van der Waals surface area contributed by atoms with Gasteiger partial charge in [-0.05, 0) is 32.4 Å². The van der Waals surface area contributed by atoms with Gasteiger partial charge in [0.1, 0.15) is 0 Å². The van der Waals surface area contributed by atoms with Crippen LogP contribution in [0.4, 0.5) is 5.69 Å². The molecule has 5 nitrogen and oxygen atoms in total. The lowest BCUT2D eigenvalue weighted by Crippen LogP contribution is -2.46. The molecule has 2 N–H and O–H groups in total. The van der Waals surface area contributed by atoms with Gasteiger partial charge in [0.05, 0.1) is 6.54 Å². The Kier molecular flexibility index (Phi) is 4.32. The zero-order chi connectivity index (χ0) is 15.6. The number of nitrogens with zero attached hydrogens (tertiary/aromatic N) is 1. The Bertz CT molecular complexity index is 549. The summed E-state index contributed by atoms with van der Waals surface area (Å²) < 4.78 is 0. The van der Waals surface area contributed by atoms with Crippen LogP contribution in [-0.2, 0) is 9.59 Å². The maximum atomic E-state index is 12.0. The summed E-state index contributed by atoms with van der Waals surface area (Å²) in [6, 6.07) is 7.67. The van der Waals surface area contributed by atoms with Gasteiger partial charge in [0.25, 0.3) is 0 Å². The Morgan fingerprint density at radius 1 is 1.33 bits per heavy atom. The molecule has 1 aromatic carbocycles. The Hall–Kier alpha value is -1.88. The van der Waals surface area contributed by atoms with Crippen molar-refractivity contribution in [1.82, 2.24) is 10.6 Å². The van der Waals surface area contributed by atoms with Gasteiger partial charge >= 0.3 is 0 Å². The lowest BCUT2D eigenvalue weighted by atomic mass is 9.96. The summed E-state index contributed by atoms with van der Waals surface area (Å²) in [7, 11) is 1.78. The van der Waals surface area contributed by atoms with Crippen LogP contribution in [0.1, 0.15) is 38.8 Å². The molecule has 2 rings (SSSR count). The van der Waals surface area contributed by atoms with Gasteiger partial charge in [-0.15, -0.1) is 0 Å². The van der Waals surface area contributed by atoms with Crippen molar-refractivity contribution in [3.63, 3.8) is 0 Å². The van der Waals surface area contributed by atoms with Gasteiger partial charge in [-0.1, -0.05) is 18.2 Å². The van der Waals surface area contributed by atoms with E-state index in [0.29, 0.717) is 6.42 Å². The van der Waals surface area contributed by atoms with E-state index in [4.69, 9.17) is 0 Å². The summed E-state index contributed by atoms with van der Waals surface area (Å²) >= 11 is 0. The van der Waals surface area contributed by atoms with Gasteiger partial charge in [-0.2, -0.15) is 0 Å². The Labute approximate surface area is 125 Å². The molecule has 0 bridgehead atoms. The van der Waals surface area contributed by atoms with Crippen molar-refractivity contribution in [2.24, 2.45) is 0 Å². The van der Waals surface area contributed by atoms with E-state index in [2.05, 4.69) is 10.6 Å². The zero-order valence-electron chi connectivity index (χ0n) is 13.1. The first-order valence-corrected chi connectivity index (χ1v) is 7.18. The largest absolute Gasteiger partial charge is 0.350 e. The van der Waals surface area contributed by atoms with E-state index in [9.17, 15) is 9.59 Å². The van der Waals surface area contributed by atoms with Crippen LogP contribution in [-0.4, -0.2) is 30.9 Å². The Morgan fingerprint density at radius 2 is 2.00 bits per heavy atom. The highest BCUT2D eigenvalue weighted by molar-refractivity contribution is 5.96. The molecule has 0 aliphatic carbocycles. The normalized spacial score (nSPS) is 18.4. The third-order valence-corrected chi connectivity index (χ3v) is 3.45. The molecule has 1 aliphatic rings. The second-order valence-corrected chi connectivity index (χ2v) is 6.45. The molecule has 0 saturated heterocycles. The lowest BCUT2D eigenvalue weighted by molar-refractivity contribution is -0.123. The highest BCUT2D eigenvalue weighted by Gasteiger charge is 2.29. The number of carbonyl (C=O) groups excluding carboxylic acids is 2. The Morgan fingerprint density at radius 3 is 2.67 bits per heavy atom. The van der Waals surface area contributed by atoms with Gasteiger partial charge in [-0.3, -0.25) is 9.59 Å². The number of rotatable bonds is 3. The number of carbonyl (C=O) groups is 2. The molecule has 21 heavy (non-hydrogen) atoms. The number of benzene rings is 1. The van der Waals surface area contributed by atoms with Gasteiger partial charge in [0.2, 0.25) is 11.8 Å². The van der Waals surface area contributed by atoms with Gasteiger partial charge in [-0.25, -0.2) is 0 Å². The molecule has 1 aromatic rings. The number of nitrogens with one attached hydrogen (secondary N) is 2. The third kappa shape index (κ3) is 3.82. The van der Waals surface area contributed by atoms with Crippen molar-refractivity contribution in [2.45, 2.75) is 38.8 Å². The van der Waals surface area contributed by atoms with E-state index in [1.165, 1.54) is 0 Å².